The maximum Gasteiger partial charge on any atom is 0.106 e. The van der Waals surface area contributed by atoms with Gasteiger partial charge in [-0.25, -0.2) is 9.97 Å². The van der Waals surface area contributed by atoms with Gasteiger partial charge in [0, 0.05) is 51.9 Å². The SMILES string of the molecule is CC.CC.CC.CC.CCCc1nc2c([nH]1)CN(C)CC2.CCCc1nc2c([nH]1)CN(C)CC2. The minimum absolute atomic E-state index is 1.03. The third-order valence-electron chi connectivity index (χ3n) is 5.12. The zero-order valence-corrected chi connectivity index (χ0v) is 24.9. The third-order valence-corrected chi connectivity index (χ3v) is 5.12. The molecule has 0 bridgehead atoms. The number of nitrogens with zero attached hydrogens (tertiary/aromatic N) is 4. The van der Waals surface area contributed by atoms with E-state index in [1.165, 1.54) is 47.3 Å². The predicted molar refractivity (Wildman–Crippen MR) is 151 cm³/mol. The van der Waals surface area contributed by atoms with E-state index in [2.05, 4.69) is 57.7 Å². The Labute approximate surface area is 212 Å². The lowest BCUT2D eigenvalue weighted by molar-refractivity contribution is 0.307. The molecule has 2 aliphatic rings. The summed E-state index contributed by atoms with van der Waals surface area (Å²) < 4.78 is 0. The minimum atomic E-state index is 1.03. The zero-order chi connectivity index (χ0) is 26.5. The highest BCUT2D eigenvalue weighted by Crippen LogP contribution is 2.16. The van der Waals surface area contributed by atoms with Gasteiger partial charge in [-0.05, 0) is 26.9 Å². The number of rotatable bonds is 4. The van der Waals surface area contributed by atoms with E-state index in [0.717, 1.165) is 51.9 Å². The van der Waals surface area contributed by atoms with Crippen LogP contribution in [0.2, 0.25) is 0 Å². The maximum absolute atomic E-state index is 4.59. The summed E-state index contributed by atoms with van der Waals surface area (Å²) in [6, 6.07) is 0. The Balaban J connectivity index is 0. The molecule has 2 aliphatic heterocycles. The number of aromatic nitrogens is 4. The van der Waals surface area contributed by atoms with Crippen molar-refractivity contribution >= 4 is 0 Å². The van der Waals surface area contributed by atoms with E-state index in [9.17, 15) is 0 Å². The highest BCUT2D eigenvalue weighted by atomic mass is 15.1. The average Bonchev–Trinajstić information content (AvgIpc) is 3.47. The highest BCUT2D eigenvalue weighted by Gasteiger charge is 2.17. The van der Waals surface area contributed by atoms with E-state index in [1.807, 2.05) is 55.4 Å². The van der Waals surface area contributed by atoms with Gasteiger partial charge in [0.25, 0.3) is 0 Å². The van der Waals surface area contributed by atoms with Gasteiger partial charge < -0.3 is 19.8 Å². The van der Waals surface area contributed by atoms with Gasteiger partial charge in [0.1, 0.15) is 11.6 Å². The van der Waals surface area contributed by atoms with Gasteiger partial charge in [-0.3, -0.25) is 0 Å². The van der Waals surface area contributed by atoms with Crippen molar-refractivity contribution in [3.8, 4) is 0 Å². The second kappa shape index (κ2) is 21.8. The molecule has 2 N–H and O–H groups in total. The summed E-state index contributed by atoms with van der Waals surface area (Å²) in [7, 11) is 4.31. The van der Waals surface area contributed by atoms with E-state index >= 15 is 0 Å². The van der Waals surface area contributed by atoms with Gasteiger partial charge in [-0.15, -0.1) is 0 Å². The number of hydrogen-bond acceptors (Lipinski definition) is 4. The van der Waals surface area contributed by atoms with Gasteiger partial charge in [0.2, 0.25) is 0 Å². The fourth-order valence-electron chi connectivity index (χ4n) is 3.69. The summed E-state index contributed by atoms with van der Waals surface area (Å²) >= 11 is 0. The summed E-state index contributed by atoms with van der Waals surface area (Å²) in [6.07, 6.45) is 6.70. The summed E-state index contributed by atoms with van der Waals surface area (Å²) in [5.41, 5.74) is 5.25. The van der Waals surface area contributed by atoms with Crippen molar-refractivity contribution in [3.05, 3.63) is 34.4 Å². The molecule has 2 aromatic rings. The molecule has 6 heteroatoms. The molecule has 200 valence electrons. The second-order valence-electron chi connectivity index (χ2n) is 7.69. The quantitative estimate of drug-likeness (QED) is 0.507. The van der Waals surface area contributed by atoms with Crippen molar-refractivity contribution in [1.29, 1.82) is 0 Å². The normalized spacial score (nSPS) is 14.0. The fourth-order valence-corrected chi connectivity index (χ4v) is 3.69. The van der Waals surface area contributed by atoms with Gasteiger partial charge >= 0.3 is 0 Å². The molecule has 6 nitrogen and oxygen atoms in total. The third kappa shape index (κ3) is 12.2. The molecule has 0 spiro atoms. The second-order valence-corrected chi connectivity index (χ2v) is 7.69. The average molecular weight is 479 g/mol. The van der Waals surface area contributed by atoms with E-state index in [1.54, 1.807) is 0 Å². The maximum atomic E-state index is 4.59. The standard InChI is InChI=1S/2C10H17N3.4C2H6/c2*1-3-4-10-11-8-5-6-13(2)7-9(8)12-10;4*1-2/h2*3-7H2,1-2H3,(H,11,12);4*1-2H3. The molecule has 0 saturated carbocycles. The van der Waals surface area contributed by atoms with Crippen molar-refractivity contribution in [2.45, 2.75) is 121 Å². The molecular weight excluding hydrogens is 420 g/mol. The van der Waals surface area contributed by atoms with Gasteiger partial charge in [-0.2, -0.15) is 0 Å². The topological polar surface area (TPSA) is 63.8 Å². The molecule has 0 amide bonds. The van der Waals surface area contributed by atoms with Crippen molar-refractivity contribution < 1.29 is 0 Å². The number of imidazole rings is 2. The highest BCUT2D eigenvalue weighted by molar-refractivity contribution is 5.18. The number of fused-ring (bicyclic) bond motifs is 2. The van der Waals surface area contributed by atoms with Crippen LogP contribution in [0.4, 0.5) is 0 Å². The summed E-state index contributed by atoms with van der Waals surface area (Å²) in [4.78, 5) is 20.7. The molecule has 0 aliphatic carbocycles. The van der Waals surface area contributed by atoms with Gasteiger partial charge in [0.05, 0.1) is 22.8 Å². The van der Waals surface area contributed by atoms with Crippen LogP contribution in [0.15, 0.2) is 0 Å². The summed E-state index contributed by atoms with van der Waals surface area (Å²) in [5.74, 6) is 2.34. The monoisotopic (exact) mass is 478 g/mol. The largest absolute Gasteiger partial charge is 0.345 e. The fraction of sp³-hybridized carbons (Fsp3) is 0.786. The van der Waals surface area contributed by atoms with E-state index in [-0.39, 0.29) is 0 Å². The minimum Gasteiger partial charge on any atom is -0.345 e. The Morgan fingerprint density at radius 2 is 0.941 bits per heavy atom. The first kappa shape index (κ1) is 34.5. The first-order valence-electron chi connectivity index (χ1n) is 14.1. The van der Waals surface area contributed by atoms with Crippen molar-refractivity contribution in [1.82, 2.24) is 29.7 Å². The van der Waals surface area contributed by atoms with Crippen molar-refractivity contribution in [2.24, 2.45) is 0 Å². The van der Waals surface area contributed by atoms with Crippen LogP contribution in [0.25, 0.3) is 0 Å². The van der Waals surface area contributed by atoms with Gasteiger partial charge in [-0.1, -0.05) is 69.2 Å². The molecule has 0 saturated heterocycles. The molecule has 34 heavy (non-hydrogen) atoms. The zero-order valence-electron chi connectivity index (χ0n) is 24.9. The summed E-state index contributed by atoms with van der Waals surface area (Å²) in [5, 5.41) is 0. The number of aryl methyl sites for hydroxylation is 2. The first-order chi connectivity index (χ1) is 16.6. The van der Waals surface area contributed by atoms with Crippen LogP contribution < -0.4 is 0 Å². The van der Waals surface area contributed by atoms with Crippen molar-refractivity contribution in [2.75, 3.05) is 27.2 Å². The van der Waals surface area contributed by atoms with Crippen LogP contribution in [0.1, 0.15) is 117 Å². The molecule has 0 fully saturated rings. The molecule has 4 rings (SSSR count). The number of aromatic amines is 2. The molecule has 0 unspecified atom stereocenters. The number of hydrogen-bond donors (Lipinski definition) is 2. The van der Waals surface area contributed by atoms with Crippen LogP contribution in [0.5, 0.6) is 0 Å². The van der Waals surface area contributed by atoms with E-state index in [4.69, 9.17) is 0 Å². The molecular formula is C28H58N6. The Kier molecular flexibility index (Phi) is 22.2. The van der Waals surface area contributed by atoms with Crippen LogP contribution in [0, 0.1) is 0 Å². The van der Waals surface area contributed by atoms with Gasteiger partial charge in [0.15, 0.2) is 0 Å². The Bertz CT molecular complexity index is 644. The number of nitrogens with one attached hydrogen (secondary N) is 2. The van der Waals surface area contributed by atoms with Crippen LogP contribution >= 0.6 is 0 Å². The molecule has 2 aromatic heterocycles. The van der Waals surface area contributed by atoms with E-state index < -0.39 is 0 Å². The Morgan fingerprint density at radius 3 is 1.24 bits per heavy atom. The van der Waals surface area contributed by atoms with Crippen LogP contribution in [-0.4, -0.2) is 56.9 Å². The summed E-state index contributed by atoms with van der Waals surface area (Å²) in [6.45, 7) is 24.7. The Morgan fingerprint density at radius 1 is 0.618 bits per heavy atom. The van der Waals surface area contributed by atoms with Crippen molar-refractivity contribution in [3.63, 3.8) is 0 Å². The molecule has 0 radical (unpaired) electrons. The molecule has 0 aromatic carbocycles. The molecule has 0 atom stereocenters. The smallest absolute Gasteiger partial charge is 0.106 e. The lowest BCUT2D eigenvalue weighted by Gasteiger charge is -2.20. The van der Waals surface area contributed by atoms with Crippen LogP contribution in [0.3, 0.4) is 0 Å². The van der Waals surface area contributed by atoms with E-state index in [0.29, 0.717) is 0 Å². The first-order valence-corrected chi connectivity index (χ1v) is 14.1. The van der Waals surface area contributed by atoms with Crippen LogP contribution in [-0.2, 0) is 38.8 Å². The lowest BCUT2D eigenvalue weighted by Crippen LogP contribution is -2.26. The number of H-pyrrole nitrogens is 2. The Hall–Kier alpha value is -1.66. The predicted octanol–water partition coefficient (Wildman–Crippen LogP) is 6.81. The lowest BCUT2D eigenvalue weighted by atomic mass is 10.2. The number of likely N-dealkylation sites (N-methyl/N-ethyl adjacent to an activating group) is 2. The molecule has 4 heterocycles.